The van der Waals surface area contributed by atoms with Crippen molar-refractivity contribution in [3.05, 3.63) is 16.4 Å². The predicted molar refractivity (Wildman–Crippen MR) is 73.0 cm³/mol. The van der Waals surface area contributed by atoms with Crippen molar-refractivity contribution in [1.82, 2.24) is 9.78 Å². The molecule has 0 spiro atoms. The van der Waals surface area contributed by atoms with Crippen LogP contribution in [0.15, 0.2) is 10.7 Å². The van der Waals surface area contributed by atoms with Crippen LogP contribution in [0.4, 0.5) is 0 Å². The number of nitrogens with zero attached hydrogens (tertiary/aromatic N) is 2. The van der Waals surface area contributed by atoms with Crippen molar-refractivity contribution < 1.29 is 4.74 Å². The maximum atomic E-state index is 6.03. The number of aromatic nitrogens is 2. The first kappa shape index (κ1) is 14.7. The predicted octanol–water partition coefficient (Wildman–Crippen LogP) is 2.35. The molecule has 1 aromatic heterocycles. The molecule has 1 atom stereocenters. The van der Waals surface area contributed by atoms with E-state index in [1.807, 2.05) is 10.9 Å². The van der Waals surface area contributed by atoms with E-state index in [9.17, 15) is 0 Å². The number of rotatable bonds is 8. The average molecular weight is 304 g/mol. The molecule has 0 aliphatic rings. The summed E-state index contributed by atoms with van der Waals surface area (Å²) in [5, 5.41) is 4.33. The first-order valence-corrected chi connectivity index (χ1v) is 6.93. The van der Waals surface area contributed by atoms with Gasteiger partial charge in [0, 0.05) is 13.2 Å². The molecule has 4 nitrogen and oxygen atoms in total. The van der Waals surface area contributed by atoms with Crippen LogP contribution in [-0.2, 0) is 17.7 Å². The molecule has 1 rings (SSSR count). The lowest BCUT2D eigenvalue weighted by atomic mass is 10.1. The molecule has 0 amide bonds. The van der Waals surface area contributed by atoms with Crippen LogP contribution in [0.25, 0.3) is 0 Å². The van der Waals surface area contributed by atoms with Gasteiger partial charge in [-0.05, 0) is 35.2 Å². The molecule has 0 saturated carbocycles. The molecule has 1 aromatic rings. The molecule has 0 saturated heterocycles. The van der Waals surface area contributed by atoms with E-state index in [1.54, 1.807) is 7.11 Å². The minimum Gasteiger partial charge on any atom is -0.383 e. The number of nitrogens with two attached hydrogens (primary N) is 1. The Morgan fingerprint density at radius 1 is 1.53 bits per heavy atom. The standard InChI is InChI=1S/C12H22BrN3O/c1-3-4-10(14)5-6-12-11(13)9-15-16(12)7-8-17-2/h9-10H,3-8,14H2,1-2H3. The van der Waals surface area contributed by atoms with Gasteiger partial charge in [-0.2, -0.15) is 5.10 Å². The van der Waals surface area contributed by atoms with Gasteiger partial charge < -0.3 is 10.5 Å². The van der Waals surface area contributed by atoms with E-state index in [-0.39, 0.29) is 6.04 Å². The molecule has 1 unspecified atom stereocenters. The smallest absolute Gasteiger partial charge is 0.0658 e. The van der Waals surface area contributed by atoms with Crippen molar-refractivity contribution in [3.63, 3.8) is 0 Å². The van der Waals surface area contributed by atoms with Gasteiger partial charge in [0.05, 0.1) is 29.5 Å². The molecule has 98 valence electrons. The maximum Gasteiger partial charge on any atom is 0.0658 e. The molecule has 17 heavy (non-hydrogen) atoms. The van der Waals surface area contributed by atoms with Crippen molar-refractivity contribution in [3.8, 4) is 0 Å². The summed E-state index contributed by atoms with van der Waals surface area (Å²) in [5.41, 5.74) is 7.25. The summed E-state index contributed by atoms with van der Waals surface area (Å²) < 4.78 is 8.13. The normalized spacial score (nSPS) is 12.9. The van der Waals surface area contributed by atoms with Gasteiger partial charge in [0.1, 0.15) is 0 Å². The SMILES string of the molecule is CCCC(N)CCc1c(Br)cnn1CCOC. The molecular weight excluding hydrogens is 282 g/mol. The Morgan fingerprint density at radius 3 is 2.94 bits per heavy atom. The molecule has 0 aromatic carbocycles. The van der Waals surface area contributed by atoms with E-state index in [4.69, 9.17) is 10.5 Å². The second-order valence-electron chi connectivity index (χ2n) is 4.24. The topological polar surface area (TPSA) is 53.1 Å². The molecule has 0 aliphatic carbocycles. The molecular formula is C12H22BrN3O. The van der Waals surface area contributed by atoms with Crippen molar-refractivity contribution in [2.24, 2.45) is 5.73 Å². The third kappa shape index (κ3) is 4.77. The maximum absolute atomic E-state index is 6.03. The highest BCUT2D eigenvalue weighted by Crippen LogP contribution is 2.18. The second kappa shape index (κ2) is 7.84. The van der Waals surface area contributed by atoms with Gasteiger partial charge >= 0.3 is 0 Å². The third-order valence-electron chi connectivity index (χ3n) is 2.82. The second-order valence-corrected chi connectivity index (χ2v) is 5.10. The average Bonchev–Trinajstić information content (AvgIpc) is 2.65. The van der Waals surface area contributed by atoms with E-state index in [2.05, 4.69) is 28.0 Å². The molecule has 0 fully saturated rings. The van der Waals surface area contributed by atoms with Gasteiger partial charge in [0.2, 0.25) is 0 Å². The summed E-state index contributed by atoms with van der Waals surface area (Å²) in [5.74, 6) is 0. The summed E-state index contributed by atoms with van der Waals surface area (Å²) in [6, 6.07) is 0.290. The van der Waals surface area contributed by atoms with E-state index in [1.165, 1.54) is 5.69 Å². The van der Waals surface area contributed by atoms with Crippen molar-refractivity contribution >= 4 is 15.9 Å². The van der Waals surface area contributed by atoms with Crippen molar-refractivity contribution in [2.45, 2.75) is 45.2 Å². The van der Waals surface area contributed by atoms with Crippen LogP contribution in [0.1, 0.15) is 31.9 Å². The first-order chi connectivity index (χ1) is 8.19. The quantitative estimate of drug-likeness (QED) is 0.802. The minimum absolute atomic E-state index is 0.290. The first-order valence-electron chi connectivity index (χ1n) is 6.13. The van der Waals surface area contributed by atoms with Crippen LogP contribution in [-0.4, -0.2) is 29.5 Å². The highest BCUT2D eigenvalue weighted by molar-refractivity contribution is 9.10. The summed E-state index contributed by atoms with van der Waals surface area (Å²) in [4.78, 5) is 0. The lowest BCUT2D eigenvalue weighted by Gasteiger charge is -2.12. The zero-order valence-corrected chi connectivity index (χ0v) is 12.2. The summed E-state index contributed by atoms with van der Waals surface area (Å²) in [6.45, 7) is 3.64. The van der Waals surface area contributed by atoms with E-state index >= 15 is 0 Å². The van der Waals surface area contributed by atoms with Crippen molar-refractivity contribution in [2.75, 3.05) is 13.7 Å². The van der Waals surface area contributed by atoms with Gasteiger partial charge in [-0.1, -0.05) is 13.3 Å². The number of hydrogen-bond acceptors (Lipinski definition) is 3. The molecule has 1 heterocycles. The highest BCUT2D eigenvalue weighted by Gasteiger charge is 2.10. The molecule has 0 aliphatic heterocycles. The third-order valence-corrected chi connectivity index (χ3v) is 3.48. The van der Waals surface area contributed by atoms with Crippen LogP contribution in [0, 0.1) is 0 Å². The number of hydrogen-bond donors (Lipinski definition) is 1. The summed E-state index contributed by atoms with van der Waals surface area (Å²) >= 11 is 3.53. The minimum atomic E-state index is 0.290. The fraction of sp³-hybridized carbons (Fsp3) is 0.750. The van der Waals surface area contributed by atoms with Crippen LogP contribution >= 0.6 is 15.9 Å². The van der Waals surface area contributed by atoms with Gasteiger partial charge in [0.15, 0.2) is 0 Å². The lowest BCUT2D eigenvalue weighted by molar-refractivity contribution is 0.182. The molecule has 5 heteroatoms. The Balaban J connectivity index is 2.53. The lowest BCUT2D eigenvalue weighted by Crippen LogP contribution is -2.21. The largest absolute Gasteiger partial charge is 0.383 e. The van der Waals surface area contributed by atoms with Crippen LogP contribution in [0.5, 0.6) is 0 Å². The number of halogens is 1. The number of methoxy groups -OCH3 is 1. The summed E-state index contributed by atoms with van der Waals surface area (Å²) in [7, 11) is 1.70. The van der Waals surface area contributed by atoms with E-state index < -0.39 is 0 Å². The van der Waals surface area contributed by atoms with Gasteiger partial charge in [-0.15, -0.1) is 0 Å². The fourth-order valence-electron chi connectivity index (χ4n) is 1.84. The number of ether oxygens (including phenoxy) is 1. The Bertz CT molecular complexity index is 328. The van der Waals surface area contributed by atoms with Crippen LogP contribution in [0.2, 0.25) is 0 Å². The van der Waals surface area contributed by atoms with Crippen LogP contribution in [0.3, 0.4) is 0 Å². The van der Waals surface area contributed by atoms with E-state index in [0.717, 1.165) is 36.7 Å². The summed E-state index contributed by atoms with van der Waals surface area (Å²) in [6.07, 6.45) is 6.04. The van der Waals surface area contributed by atoms with Gasteiger partial charge in [-0.3, -0.25) is 4.68 Å². The monoisotopic (exact) mass is 303 g/mol. The Morgan fingerprint density at radius 2 is 2.29 bits per heavy atom. The molecule has 0 bridgehead atoms. The Labute approximate surface area is 112 Å². The van der Waals surface area contributed by atoms with E-state index in [0.29, 0.717) is 6.61 Å². The Kier molecular flexibility index (Phi) is 6.77. The van der Waals surface area contributed by atoms with Crippen molar-refractivity contribution in [1.29, 1.82) is 0 Å². The zero-order valence-electron chi connectivity index (χ0n) is 10.7. The van der Waals surface area contributed by atoms with Gasteiger partial charge in [0.25, 0.3) is 0 Å². The van der Waals surface area contributed by atoms with Crippen LogP contribution < -0.4 is 5.73 Å². The molecule has 2 N–H and O–H groups in total. The highest BCUT2D eigenvalue weighted by atomic mass is 79.9. The zero-order chi connectivity index (χ0) is 12.7. The molecule has 0 radical (unpaired) electrons. The van der Waals surface area contributed by atoms with Gasteiger partial charge in [-0.25, -0.2) is 0 Å². The fourth-order valence-corrected chi connectivity index (χ4v) is 2.34. The Hall–Kier alpha value is -0.390.